The third-order valence-corrected chi connectivity index (χ3v) is 3.18. The predicted molar refractivity (Wildman–Crippen MR) is 74.7 cm³/mol. The zero-order chi connectivity index (χ0) is 12.5. The highest BCUT2D eigenvalue weighted by atomic mass is 35.5. The number of anilines is 1. The molecule has 1 aromatic heterocycles. The number of hydrogen-bond donors (Lipinski definition) is 1. The standard InChI is InChI=1S/C14H12ClN3/c15-11-7-5-10(6-8-11)9-18-13-4-2-1-3-12(13)14(16)17-18/h1-8H,9H2,(H2,16,17). The third kappa shape index (κ3) is 1.93. The fourth-order valence-corrected chi connectivity index (χ4v) is 2.16. The molecule has 0 fully saturated rings. The van der Waals surface area contributed by atoms with Crippen LogP contribution in [0.4, 0.5) is 5.82 Å². The van der Waals surface area contributed by atoms with Gasteiger partial charge in [0, 0.05) is 10.4 Å². The third-order valence-electron chi connectivity index (χ3n) is 2.93. The molecule has 2 aromatic carbocycles. The Bertz CT molecular complexity index is 686. The first-order chi connectivity index (χ1) is 8.74. The molecule has 2 N–H and O–H groups in total. The normalized spacial score (nSPS) is 10.9. The minimum absolute atomic E-state index is 0.569. The van der Waals surface area contributed by atoms with Gasteiger partial charge in [0.1, 0.15) is 0 Å². The highest BCUT2D eigenvalue weighted by Gasteiger charge is 2.07. The van der Waals surface area contributed by atoms with Crippen molar-refractivity contribution in [3.63, 3.8) is 0 Å². The number of aromatic nitrogens is 2. The van der Waals surface area contributed by atoms with Crippen molar-refractivity contribution in [2.45, 2.75) is 6.54 Å². The molecule has 0 atom stereocenters. The quantitative estimate of drug-likeness (QED) is 0.765. The first-order valence-corrected chi connectivity index (χ1v) is 6.07. The summed E-state index contributed by atoms with van der Waals surface area (Å²) in [6, 6.07) is 15.7. The summed E-state index contributed by atoms with van der Waals surface area (Å²) in [7, 11) is 0. The van der Waals surface area contributed by atoms with Crippen LogP contribution in [-0.2, 0) is 6.54 Å². The van der Waals surface area contributed by atoms with E-state index in [1.165, 1.54) is 0 Å². The predicted octanol–water partition coefficient (Wildman–Crippen LogP) is 3.32. The molecule has 1 heterocycles. The Morgan fingerprint density at radius 1 is 1.06 bits per heavy atom. The van der Waals surface area contributed by atoms with Crippen LogP contribution >= 0.6 is 11.6 Å². The van der Waals surface area contributed by atoms with Crippen LogP contribution in [-0.4, -0.2) is 9.78 Å². The van der Waals surface area contributed by atoms with Gasteiger partial charge in [-0.25, -0.2) is 0 Å². The van der Waals surface area contributed by atoms with Crippen molar-refractivity contribution in [3.05, 3.63) is 59.1 Å². The van der Waals surface area contributed by atoms with Crippen LogP contribution in [0.25, 0.3) is 10.9 Å². The maximum absolute atomic E-state index is 5.90. The monoisotopic (exact) mass is 257 g/mol. The van der Waals surface area contributed by atoms with Gasteiger partial charge in [0.25, 0.3) is 0 Å². The van der Waals surface area contributed by atoms with Gasteiger partial charge in [0.15, 0.2) is 5.82 Å². The molecule has 0 aliphatic heterocycles. The fourth-order valence-electron chi connectivity index (χ4n) is 2.04. The van der Waals surface area contributed by atoms with Gasteiger partial charge < -0.3 is 5.73 Å². The second-order valence-corrected chi connectivity index (χ2v) is 4.62. The molecule has 18 heavy (non-hydrogen) atoms. The topological polar surface area (TPSA) is 43.8 Å². The number of benzene rings is 2. The molecule has 0 unspecified atom stereocenters. The zero-order valence-corrected chi connectivity index (χ0v) is 10.4. The van der Waals surface area contributed by atoms with Gasteiger partial charge in [-0.1, -0.05) is 35.9 Å². The molecule has 3 aromatic rings. The van der Waals surface area contributed by atoms with E-state index in [0.29, 0.717) is 12.4 Å². The second-order valence-electron chi connectivity index (χ2n) is 4.19. The van der Waals surface area contributed by atoms with Gasteiger partial charge >= 0.3 is 0 Å². The van der Waals surface area contributed by atoms with Crippen LogP contribution in [0.3, 0.4) is 0 Å². The van der Waals surface area contributed by atoms with Crippen molar-refractivity contribution < 1.29 is 0 Å². The van der Waals surface area contributed by atoms with Gasteiger partial charge in [-0.05, 0) is 29.8 Å². The van der Waals surface area contributed by atoms with Crippen LogP contribution in [0.2, 0.25) is 5.02 Å². The summed E-state index contributed by atoms with van der Waals surface area (Å²) in [4.78, 5) is 0. The summed E-state index contributed by atoms with van der Waals surface area (Å²) in [5.74, 6) is 0.569. The number of hydrogen-bond acceptors (Lipinski definition) is 2. The summed E-state index contributed by atoms with van der Waals surface area (Å²) in [5.41, 5.74) is 8.09. The number of nitrogens with zero attached hydrogens (tertiary/aromatic N) is 2. The Labute approximate surface area is 110 Å². The van der Waals surface area contributed by atoms with Crippen molar-refractivity contribution in [2.75, 3.05) is 5.73 Å². The van der Waals surface area contributed by atoms with Crippen LogP contribution in [0, 0.1) is 0 Å². The lowest BCUT2D eigenvalue weighted by Crippen LogP contribution is -2.02. The molecular formula is C14H12ClN3. The van der Waals surface area contributed by atoms with Crippen molar-refractivity contribution in [1.82, 2.24) is 9.78 Å². The molecule has 0 amide bonds. The molecule has 0 bridgehead atoms. The Balaban J connectivity index is 2.02. The fraction of sp³-hybridized carbons (Fsp3) is 0.0714. The van der Waals surface area contributed by atoms with E-state index in [1.807, 2.05) is 53.2 Å². The maximum Gasteiger partial charge on any atom is 0.153 e. The SMILES string of the molecule is Nc1nn(Cc2ccc(Cl)cc2)c2ccccc12. The minimum atomic E-state index is 0.569. The average molecular weight is 258 g/mol. The molecule has 0 saturated heterocycles. The van der Waals surface area contributed by atoms with Crippen molar-refractivity contribution in [3.8, 4) is 0 Å². The number of nitrogens with two attached hydrogens (primary N) is 1. The highest BCUT2D eigenvalue weighted by Crippen LogP contribution is 2.21. The van der Waals surface area contributed by atoms with Gasteiger partial charge in [-0.2, -0.15) is 5.10 Å². The van der Waals surface area contributed by atoms with Gasteiger partial charge in [-0.15, -0.1) is 0 Å². The summed E-state index contributed by atoms with van der Waals surface area (Å²) in [6.07, 6.45) is 0. The van der Waals surface area contributed by atoms with E-state index in [1.54, 1.807) is 0 Å². The number of para-hydroxylation sites is 1. The molecule has 3 nitrogen and oxygen atoms in total. The van der Waals surface area contributed by atoms with E-state index in [4.69, 9.17) is 17.3 Å². The van der Waals surface area contributed by atoms with Crippen LogP contribution in [0.1, 0.15) is 5.56 Å². The molecule has 90 valence electrons. The van der Waals surface area contributed by atoms with Crippen LogP contribution in [0.15, 0.2) is 48.5 Å². The zero-order valence-electron chi connectivity index (χ0n) is 9.68. The summed E-state index contributed by atoms with van der Waals surface area (Å²) in [6.45, 7) is 0.689. The molecule has 0 spiro atoms. The Kier molecular flexibility index (Phi) is 2.68. The van der Waals surface area contributed by atoms with Crippen molar-refractivity contribution in [1.29, 1.82) is 0 Å². The van der Waals surface area contributed by atoms with Gasteiger partial charge in [0.2, 0.25) is 0 Å². The first-order valence-electron chi connectivity index (χ1n) is 5.69. The molecular weight excluding hydrogens is 246 g/mol. The maximum atomic E-state index is 5.90. The smallest absolute Gasteiger partial charge is 0.153 e. The van der Waals surface area contributed by atoms with Crippen molar-refractivity contribution >= 4 is 28.3 Å². The molecule has 0 radical (unpaired) electrons. The lowest BCUT2D eigenvalue weighted by molar-refractivity contribution is 0.716. The number of halogens is 1. The van der Waals surface area contributed by atoms with E-state index in [9.17, 15) is 0 Å². The largest absolute Gasteiger partial charge is 0.382 e. The molecule has 0 saturated carbocycles. The van der Waals surface area contributed by atoms with Crippen LogP contribution < -0.4 is 5.73 Å². The van der Waals surface area contributed by atoms with Crippen molar-refractivity contribution in [2.24, 2.45) is 0 Å². The summed E-state index contributed by atoms with van der Waals surface area (Å²) >= 11 is 5.87. The summed E-state index contributed by atoms with van der Waals surface area (Å²) < 4.78 is 1.91. The minimum Gasteiger partial charge on any atom is -0.382 e. The lowest BCUT2D eigenvalue weighted by atomic mass is 10.2. The summed E-state index contributed by atoms with van der Waals surface area (Å²) in [5, 5.41) is 6.10. The van der Waals surface area contributed by atoms with Gasteiger partial charge in [-0.3, -0.25) is 4.68 Å². The van der Waals surface area contributed by atoms with E-state index in [-0.39, 0.29) is 0 Å². The molecule has 0 aliphatic carbocycles. The molecule has 3 rings (SSSR count). The van der Waals surface area contributed by atoms with Gasteiger partial charge in [0.05, 0.1) is 12.1 Å². The van der Waals surface area contributed by atoms with Crippen LogP contribution in [0.5, 0.6) is 0 Å². The lowest BCUT2D eigenvalue weighted by Gasteiger charge is -2.03. The highest BCUT2D eigenvalue weighted by molar-refractivity contribution is 6.30. The van der Waals surface area contributed by atoms with E-state index in [2.05, 4.69) is 5.10 Å². The Hall–Kier alpha value is -2.00. The number of nitrogen functional groups attached to an aromatic ring is 1. The molecule has 4 heteroatoms. The van der Waals surface area contributed by atoms with E-state index < -0.39 is 0 Å². The second kappa shape index (κ2) is 4.35. The Morgan fingerprint density at radius 3 is 2.56 bits per heavy atom. The Morgan fingerprint density at radius 2 is 1.78 bits per heavy atom. The number of rotatable bonds is 2. The van der Waals surface area contributed by atoms with E-state index >= 15 is 0 Å². The van der Waals surface area contributed by atoms with E-state index in [0.717, 1.165) is 21.5 Å². The number of fused-ring (bicyclic) bond motifs is 1. The molecule has 0 aliphatic rings. The average Bonchev–Trinajstić information content (AvgIpc) is 2.70. The first kappa shape index (κ1) is 11.1.